The van der Waals surface area contributed by atoms with Gasteiger partial charge in [-0.05, 0) is 42.5 Å². The Morgan fingerprint density at radius 3 is 2.57 bits per heavy atom. The number of nitrogens with zero attached hydrogens (tertiary/aromatic N) is 3. The van der Waals surface area contributed by atoms with Gasteiger partial charge >= 0.3 is 0 Å². The molecular formula is C17H21ClN4O. The predicted molar refractivity (Wildman–Crippen MR) is 92.8 cm³/mol. The molecule has 0 unspecified atom stereocenters. The summed E-state index contributed by atoms with van der Waals surface area (Å²) in [6, 6.07) is 7.82. The first-order chi connectivity index (χ1) is 11.2. The summed E-state index contributed by atoms with van der Waals surface area (Å²) in [5.74, 6) is 1.29. The summed E-state index contributed by atoms with van der Waals surface area (Å²) in [7, 11) is 0. The molecule has 0 saturated carbocycles. The Morgan fingerprint density at radius 2 is 1.96 bits per heavy atom. The molecule has 6 heteroatoms. The van der Waals surface area contributed by atoms with Crippen molar-refractivity contribution >= 4 is 23.1 Å². The summed E-state index contributed by atoms with van der Waals surface area (Å²) in [5.41, 5.74) is 2.20. The fourth-order valence-corrected chi connectivity index (χ4v) is 2.87. The van der Waals surface area contributed by atoms with Crippen molar-refractivity contribution in [3.8, 4) is 0 Å². The number of halogens is 1. The molecule has 23 heavy (non-hydrogen) atoms. The Balaban J connectivity index is 1.54. The van der Waals surface area contributed by atoms with E-state index >= 15 is 0 Å². The maximum absolute atomic E-state index is 9.20. The third-order valence-electron chi connectivity index (χ3n) is 4.25. The monoisotopic (exact) mass is 332 g/mol. The Labute approximate surface area is 141 Å². The molecule has 1 aliphatic rings. The maximum atomic E-state index is 9.20. The van der Waals surface area contributed by atoms with Crippen molar-refractivity contribution in [1.29, 1.82) is 0 Å². The van der Waals surface area contributed by atoms with Gasteiger partial charge in [0.05, 0.1) is 11.9 Å². The van der Waals surface area contributed by atoms with E-state index in [1.165, 1.54) is 0 Å². The molecule has 0 spiro atoms. The van der Waals surface area contributed by atoms with Gasteiger partial charge in [-0.3, -0.25) is 0 Å². The average Bonchev–Trinajstić information content (AvgIpc) is 2.62. The van der Waals surface area contributed by atoms with Gasteiger partial charge in [-0.25, -0.2) is 9.97 Å². The lowest BCUT2D eigenvalue weighted by atomic mass is 9.98. The van der Waals surface area contributed by atoms with Crippen LogP contribution in [0.3, 0.4) is 0 Å². The van der Waals surface area contributed by atoms with Crippen molar-refractivity contribution in [1.82, 2.24) is 9.97 Å². The highest BCUT2D eigenvalue weighted by Crippen LogP contribution is 2.23. The lowest BCUT2D eigenvalue weighted by molar-refractivity contribution is 0.203. The van der Waals surface area contributed by atoms with Gasteiger partial charge in [0.2, 0.25) is 0 Å². The number of pyridine rings is 2. The molecule has 1 fully saturated rings. The van der Waals surface area contributed by atoms with Gasteiger partial charge in [-0.1, -0.05) is 17.7 Å². The van der Waals surface area contributed by atoms with E-state index in [2.05, 4.69) is 26.3 Å². The van der Waals surface area contributed by atoms with E-state index in [1.54, 1.807) is 12.3 Å². The highest BCUT2D eigenvalue weighted by atomic mass is 35.5. The molecule has 122 valence electrons. The van der Waals surface area contributed by atoms with E-state index in [0.29, 0.717) is 24.2 Å². The van der Waals surface area contributed by atoms with Crippen LogP contribution in [0.25, 0.3) is 0 Å². The minimum atomic E-state index is 0.300. The maximum Gasteiger partial charge on any atom is 0.129 e. The number of aliphatic hydroxyl groups is 1. The number of aromatic nitrogens is 2. The first-order valence-electron chi connectivity index (χ1n) is 7.91. The minimum absolute atomic E-state index is 0.300. The zero-order valence-corrected chi connectivity index (χ0v) is 13.7. The number of hydrogen-bond donors (Lipinski definition) is 2. The largest absolute Gasteiger partial charge is 0.396 e. The molecule has 2 aromatic heterocycles. The average molecular weight is 333 g/mol. The first kappa shape index (κ1) is 16.0. The molecule has 0 radical (unpaired) electrons. The molecular weight excluding hydrogens is 312 g/mol. The SMILES string of the molecule is OCC1CCN(c2ccc(NCc3ccc(Cl)nc3)nc2)CC1. The first-order valence-corrected chi connectivity index (χ1v) is 8.28. The number of anilines is 2. The molecule has 3 rings (SSSR count). The quantitative estimate of drug-likeness (QED) is 0.824. The Kier molecular flexibility index (Phi) is 5.31. The molecule has 0 aromatic carbocycles. The van der Waals surface area contributed by atoms with Crippen LogP contribution in [-0.2, 0) is 6.54 Å². The molecule has 5 nitrogen and oxygen atoms in total. The summed E-state index contributed by atoms with van der Waals surface area (Å²) in [6.45, 7) is 2.93. The van der Waals surface area contributed by atoms with Crippen molar-refractivity contribution < 1.29 is 5.11 Å². The lowest BCUT2D eigenvalue weighted by Crippen LogP contribution is -2.34. The van der Waals surface area contributed by atoms with Crippen LogP contribution in [-0.4, -0.2) is 34.8 Å². The Hall–Kier alpha value is -1.85. The van der Waals surface area contributed by atoms with E-state index in [0.717, 1.165) is 43.0 Å². The molecule has 1 aliphatic heterocycles. The molecule has 0 amide bonds. The van der Waals surface area contributed by atoms with Crippen LogP contribution in [0, 0.1) is 5.92 Å². The van der Waals surface area contributed by atoms with Crippen LogP contribution in [0.5, 0.6) is 0 Å². The van der Waals surface area contributed by atoms with Crippen molar-refractivity contribution in [2.45, 2.75) is 19.4 Å². The standard InChI is InChI=1S/C17H21ClN4O/c18-16-3-1-14(9-19-16)10-20-17-4-2-15(11-21-17)22-7-5-13(12-23)6-8-22/h1-4,9,11,13,23H,5-8,10,12H2,(H,20,21). The van der Waals surface area contributed by atoms with E-state index < -0.39 is 0 Å². The van der Waals surface area contributed by atoms with E-state index in [4.69, 9.17) is 11.6 Å². The number of nitrogens with one attached hydrogen (secondary N) is 1. The summed E-state index contributed by atoms with van der Waals surface area (Å²) in [6.07, 6.45) is 5.75. The van der Waals surface area contributed by atoms with Crippen LogP contribution in [0.4, 0.5) is 11.5 Å². The molecule has 2 N–H and O–H groups in total. The van der Waals surface area contributed by atoms with Crippen LogP contribution in [0.1, 0.15) is 18.4 Å². The topological polar surface area (TPSA) is 61.3 Å². The second-order valence-corrected chi connectivity index (χ2v) is 6.24. The van der Waals surface area contributed by atoms with Crippen LogP contribution in [0.15, 0.2) is 36.7 Å². The third kappa shape index (κ3) is 4.33. The molecule has 0 aliphatic carbocycles. The van der Waals surface area contributed by atoms with Gasteiger partial charge in [-0.2, -0.15) is 0 Å². The molecule has 1 saturated heterocycles. The molecule has 3 heterocycles. The van der Waals surface area contributed by atoms with Crippen molar-refractivity contribution in [3.05, 3.63) is 47.4 Å². The highest BCUT2D eigenvalue weighted by Gasteiger charge is 2.18. The van der Waals surface area contributed by atoms with Gasteiger partial charge in [0, 0.05) is 32.4 Å². The summed E-state index contributed by atoms with van der Waals surface area (Å²) in [5, 5.41) is 13.0. The molecule has 2 aromatic rings. The minimum Gasteiger partial charge on any atom is -0.396 e. The Morgan fingerprint density at radius 1 is 1.13 bits per heavy atom. The normalized spacial score (nSPS) is 15.7. The smallest absolute Gasteiger partial charge is 0.129 e. The van der Waals surface area contributed by atoms with Gasteiger partial charge in [-0.15, -0.1) is 0 Å². The number of rotatable bonds is 5. The fraction of sp³-hybridized carbons (Fsp3) is 0.412. The van der Waals surface area contributed by atoms with Crippen molar-refractivity contribution in [3.63, 3.8) is 0 Å². The summed E-state index contributed by atoms with van der Waals surface area (Å²) < 4.78 is 0. The van der Waals surface area contributed by atoms with Crippen LogP contribution in [0.2, 0.25) is 5.15 Å². The lowest BCUT2D eigenvalue weighted by Gasteiger charge is -2.32. The van der Waals surface area contributed by atoms with Crippen LogP contribution < -0.4 is 10.2 Å². The van der Waals surface area contributed by atoms with Gasteiger partial charge in [0.1, 0.15) is 11.0 Å². The van der Waals surface area contributed by atoms with E-state index in [9.17, 15) is 5.11 Å². The summed E-state index contributed by atoms with van der Waals surface area (Å²) in [4.78, 5) is 10.9. The number of aliphatic hydroxyl groups excluding tert-OH is 1. The summed E-state index contributed by atoms with van der Waals surface area (Å²) >= 11 is 5.78. The second kappa shape index (κ2) is 7.62. The fourth-order valence-electron chi connectivity index (χ4n) is 2.76. The van der Waals surface area contributed by atoms with E-state index in [1.807, 2.05) is 18.3 Å². The number of piperidine rings is 1. The Bertz CT molecular complexity index is 609. The highest BCUT2D eigenvalue weighted by molar-refractivity contribution is 6.29. The van der Waals surface area contributed by atoms with E-state index in [-0.39, 0.29) is 0 Å². The van der Waals surface area contributed by atoms with Gasteiger partial charge in [0.15, 0.2) is 0 Å². The predicted octanol–water partition coefficient (Wildman–Crippen LogP) is 2.95. The number of hydrogen-bond acceptors (Lipinski definition) is 5. The van der Waals surface area contributed by atoms with Gasteiger partial charge in [0.25, 0.3) is 0 Å². The molecule has 0 atom stereocenters. The second-order valence-electron chi connectivity index (χ2n) is 5.86. The van der Waals surface area contributed by atoms with Crippen LogP contribution >= 0.6 is 11.6 Å². The molecule has 0 bridgehead atoms. The van der Waals surface area contributed by atoms with Gasteiger partial charge < -0.3 is 15.3 Å². The van der Waals surface area contributed by atoms with Crippen molar-refractivity contribution in [2.75, 3.05) is 29.9 Å². The third-order valence-corrected chi connectivity index (χ3v) is 4.47. The van der Waals surface area contributed by atoms with Crippen molar-refractivity contribution in [2.24, 2.45) is 5.92 Å². The zero-order chi connectivity index (χ0) is 16.1. The zero-order valence-electron chi connectivity index (χ0n) is 13.0.